The van der Waals surface area contributed by atoms with Crippen molar-refractivity contribution in [3.05, 3.63) is 29.8 Å². The molecule has 0 aromatic heterocycles. The average molecular weight is 246 g/mol. The molecule has 100 valence electrons. The van der Waals surface area contributed by atoms with Crippen molar-refractivity contribution in [3.8, 4) is 0 Å². The van der Waals surface area contributed by atoms with E-state index in [1.165, 1.54) is 30.5 Å². The lowest BCUT2D eigenvalue weighted by Crippen LogP contribution is -2.42. The second kappa shape index (κ2) is 5.31. The third-order valence-electron chi connectivity index (χ3n) is 3.92. The molecule has 0 bridgehead atoms. The molecule has 0 aliphatic heterocycles. The molecule has 2 atom stereocenters. The Morgan fingerprint density at radius 2 is 1.67 bits per heavy atom. The van der Waals surface area contributed by atoms with Crippen LogP contribution in [0.15, 0.2) is 24.3 Å². The average Bonchev–Trinajstić information content (AvgIpc) is 2.32. The second-order valence-corrected chi connectivity index (χ2v) is 6.53. The number of hydrogen-bond acceptors (Lipinski definition) is 2. The molecule has 2 rings (SSSR count). The van der Waals surface area contributed by atoms with E-state index in [0.717, 1.165) is 6.42 Å². The van der Waals surface area contributed by atoms with Gasteiger partial charge in [-0.25, -0.2) is 0 Å². The van der Waals surface area contributed by atoms with E-state index in [1.54, 1.807) is 0 Å². The summed E-state index contributed by atoms with van der Waals surface area (Å²) in [7, 11) is 0. The lowest BCUT2D eigenvalue weighted by atomic mass is 9.87. The first kappa shape index (κ1) is 13.4. The van der Waals surface area contributed by atoms with Gasteiger partial charge in [-0.05, 0) is 36.0 Å². The minimum absolute atomic E-state index is 0.222. The maximum absolute atomic E-state index is 6.16. The van der Waals surface area contributed by atoms with Crippen LogP contribution in [0.2, 0.25) is 0 Å². The number of nitrogens with two attached hydrogens (primary N) is 1. The van der Waals surface area contributed by atoms with Gasteiger partial charge in [-0.3, -0.25) is 0 Å². The van der Waals surface area contributed by atoms with Crippen molar-refractivity contribution in [1.82, 2.24) is 0 Å². The predicted octanol–water partition coefficient (Wildman–Crippen LogP) is 3.67. The molecule has 1 aromatic carbocycles. The third-order valence-corrected chi connectivity index (χ3v) is 3.92. The van der Waals surface area contributed by atoms with Crippen LogP contribution < -0.4 is 11.1 Å². The SMILES string of the molecule is CC(C)(C)c1ccc(NC2CCCCC2N)cc1. The fraction of sp³-hybridized carbons (Fsp3) is 0.625. The van der Waals surface area contributed by atoms with E-state index in [2.05, 4.69) is 50.4 Å². The van der Waals surface area contributed by atoms with Gasteiger partial charge in [0.2, 0.25) is 0 Å². The summed E-state index contributed by atoms with van der Waals surface area (Å²) in [6.07, 6.45) is 4.92. The molecule has 1 aromatic rings. The Kier molecular flexibility index (Phi) is 3.96. The van der Waals surface area contributed by atoms with Crippen LogP contribution >= 0.6 is 0 Å². The Balaban J connectivity index is 2.02. The van der Waals surface area contributed by atoms with Crippen LogP contribution in [0, 0.1) is 0 Å². The van der Waals surface area contributed by atoms with Crippen LogP contribution in [0.3, 0.4) is 0 Å². The number of benzene rings is 1. The summed E-state index contributed by atoms with van der Waals surface area (Å²) < 4.78 is 0. The highest BCUT2D eigenvalue weighted by molar-refractivity contribution is 5.47. The molecule has 2 nitrogen and oxygen atoms in total. The Morgan fingerprint density at radius 3 is 2.22 bits per heavy atom. The van der Waals surface area contributed by atoms with E-state index < -0.39 is 0 Å². The summed E-state index contributed by atoms with van der Waals surface area (Å²) in [4.78, 5) is 0. The maximum Gasteiger partial charge on any atom is 0.0412 e. The maximum atomic E-state index is 6.16. The highest BCUT2D eigenvalue weighted by Gasteiger charge is 2.21. The zero-order chi connectivity index (χ0) is 13.2. The van der Waals surface area contributed by atoms with E-state index in [9.17, 15) is 0 Å². The molecule has 0 amide bonds. The van der Waals surface area contributed by atoms with Gasteiger partial charge in [-0.15, -0.1) is 0 Å². The summed E-state index contributed by atoms with van der Waals surface area (Å²) in [5.74, 6) is 0. The number of anilines is 1. The van der Waals surface area contributed by atoms with Gasteiger partial charge in [0, 0.05) is 17.8 Å². The van der Waals surface area contributed by atoms with Gasteiger partial charge in [-0.2, -0.15) is 0 Å². The molecule has 0 radical (unpaired) electrons. The van der Waals surface area contributed by atoms with Crippen molar-refractivity contribution < 1.29 is 0 Å². The fourth-order valence-corrected chi connectivity index (χ4v) is 2.62. The molecular formula is C16H26N2. The standard InChI is InChI=1S/C16H26N2/c1-16(2,3)12-8-10-13(11-9-12)18-15-7-5-4-6-14(15)17/h8-11,14-15,18H,4-7,17H2,1-3H3. The van der Waals surface area contributed by atoms with Crippen LogP contribution in [0.4, 0.5) is 5.69 Å². The Morgan fingerprint density at radius 1 is 1.06 bits per heavy atom. The quantitative estimate of drug-likeness (QED) is 0.835. The molecular weight excluding hydrogens is 220 g/mol. The van der Waals surface area contributed by atoms with Crippen LogP contribution in [0.1, 0.15) is 52.0 Å². The van der Waals surface area contributed by atoms with Crippen molar-refractivity contribution in [2.75, 3.05) is 5.32 Å². The van der Waals surface area contributed by atoms with E-state index in [1.807, 2.05) is 0 Å². The summed E-state index contributed by atoms with van der Waals surface area (Å²) >= 11 is 0. The Labute approximate surface area is 111 Å². The summed E-state index contributed by atoms with van der Waals surface area (Å²) in [5, 5.41) is 3.58. The van der Waals surface area contributed by atoms with Crippen LogP contribution in [0.25, 0.3) is 0 Å². The summed E-state index contributed by atoms with van der Waals surface area (Å²) in [6, 6.07) is 9.55. The van der Waals surface area contributed by atoms with Crippen molar-refractivity contribution in [2.45, 2.75) is 64.0 Å². The molecule has 1 saturated carbocycles. The fourth-order valence-electron chi connectivity index (χ4n) is 2.62. The molecule has 2 unspecified atom stereocenters. The van der Waals surface area contributed by atoms with Crippen molar-refractivity contribution in [2.24, 2.45) is 5.73 Å². The van der Waals surface area contributed by atoms with Gasteiger partial charge in [0.05, 0.1) is 0 Å². The normalized spacial score (nSPS) is 24.9. The molecule has 1 aliphatic carbocycles. The predicted molar refractivity (Wildman–Crippen MR) is 79.0 cm³/mol. The van der Waals surface area contributed by atoms with Gasteiger partial charge in [-0.1, -0.05) is 45.7 Å². The zero-order valence-electron chi connectivity index (χ0n) is 11.9. The first-order chi connectivity index (χ1) is 8.47. The highest BCUT2D eigenvalue weighted by atomic mass is 15.0. The third kappa shape index (κ3) is 3.26. The minimum Gasteiger partial charge on any atom is -0.381 e. The highest BCUT2D eigenvalue weighted by Crippen LogP contribution is 2.25. The number of hydrogen-bond donors (Lipinski definition) is 2. The summed E-state index contributed by atoms with van der Waals surface area (Å²) in [5.41, 5.74) is 8.96. The smallest absolute Gasteiger partial charge is 0.0412 e. The monoisotopic (exact) mass is 246 g/mol. The van der Waals surface area contributed by atoms with Crippen molar-refractivity contribution in [1.29, 1.82) is 0 Å². The second-order valence-electron chi connectivity index (χ2n) is 6.53. The molecule has 0 saturated heterocycles. The van der Waals surface area contributed by atoms with Crippen LogP contribution in [0.5, 0.6) is 0 Å². The first-order valence-corrected chi connectivity index (χ1v) is 7.09. The van der Waals surface area contributed by atoms with Gasteiger partial charge in [0.15, 0.2) is 0 Å². The molecule has 0 spiro atoms. The van der Waals surface area contributed by atoms with Gasteiger partial charge in [0.25, 0.3) is 0 Å². The lowest BCUT2D eigenvalue weighted by molar-refractivity contribution is 0.404. The zero-order valence-corrected chi connectivity index (χ0v) is 11.9. The van der Waals surface area contributed by atoms with Crippen LogP contribution in [-0.4, -0.2) is 12.1 Å². The van der Waals surface area contributed by atoms with Crippen molar-refractivity contribution >= 4 is 5.69 Å². The van der Waals surface area contributed by atoms with E-state index >= 15 is 0 Å². The first-order valence-electron chi connectivity index (χ1n) is 7.09. The Bertz CT molecular complexity index is 375. The number of nitrogens with one attached hydrogen (secondary N) is 1. The molecule has 3 N–H and O–H groups in total. The molecule has 2 heteroatoms. The Hall–Kier alpha value is -1.02. The summed E-state index contributed by atoms with van der Waals surface area (Å²) in [6.45, 7) is 6.73. The number of rotatable bonds is 2. The van der Waals surface area contributed by atoms with E-state index in [0.29, 0.717) is 12.1 Å². The van der Waals surface area contributed by atoms with E-state index in [4.69, 9.17) is 5.73 Å². The molecule has 1 aliphatic rings. The van der Waals surface area contributed by atoms with Crippen molar-refractivity contribution in [3.63, 3.8) is 0 Å². The molecule has 1 fully saturated rings. The largest absolute Gasteiger partial charge is 0.381 e. The van der Waals surface area contributed by atoms with Gasteiger partial charge in [0.1, 0.15) is 0 Å². The lowest BCUT2D eigenvalue weighted by Gasteiger charge is -2.30. The van der Waals surface area contributed by atoms with Gasteiger partial charge < -0.3 is 11.1 Å². The topological polar surface area (TPSA) is 38.0 Å². The molecule has 18 heavy (non-hydrogen) atoms. The van der Waals surface area contributed by atoms with Gasteiger partial charge >= 0.3 is 0 Å². The minimum atomic E-state index is 0.222. The van der Waals surface area contributed by atoms with Crippen LogP contribution in [-0.2, 0) is 5.41 Å². The van der Waals surface area contributed by atoms with E-state index in [-0.39, 0.29) is 5.41 Å². The molecule has 0 heterocycles.